The molecule has 0 saturated heterocycles. The Bertz CT molecular complexity index is 513. The normalized spacial score (nSPS) is 11.9. The van der Waals surface area contributed by atoms with Crippen LogP contribution in [0.3, 0.4) is 0 Å². The first-order valence-electron chi connectivity index (χ1n) is 3.77. The van der Waals surface area contributed by atoms with E-state index in [1.165, 1.54) is 0 Å². The Morgan fingerprint density at radius 3 is 2.06 bits per heavy atom. The monoisotopic (exact) mass is 251 g/mol. The van der Waals surface area contributed by atoms with Gasteiger partial charge in [-0.1, -0.05) is 0 Å². The molecular weight excluding hydrogens is 247 g/mol. The quantitative estimate of drug-likeness (QED) is 0.594. The molecule has 0 spiro atoms. The molecule has 4 nitrogen and oxygen atoms in total. The van der Waals surface area contributed by atoms with E-state index in [0.29, 0.717) is 12.1 Å². The third kappa shape index (κ3) is 2.64. The van der Waals surface area contributed by atoms with Crippen molar-refractivity contribution in [3.05, 3.63) is 29.8 Å². The van der Waals surface area contributed by atoms with Gasteiger partial charge in [0.1, 0.15) is 4.90 Å². The van der Waals surface area contributed by atoms with Gasteiger partial charge in [0.2, 0.25) is 0 Å². The van der Waals surface area contributed by atoms with Crippen LogP contribution in [-0.2, 0) is 20.5 Å². The molecule has 8 heteroatoms. The lowest BCUT2D eigenvalue weighted by Crippen LogP contribution is -2.06. The first-order chi connectivity index (χ1) is 7.27. The third-order valence-corrected chi connectivity index (χ3v) is 2.76. The highest BCUT2D eigenvalue weighted by atomic mass is 32.2. The highest BCUT2D eigenvalue weighted by Crippen LogP contribution is 2.29. The van der Waals surface area contributed by atoms with Crippen molar-refractivity contribution in [3.8, 4) is 6.26 Å². The minimum atomic E-state index is -4.54. The Kier molecular flexibility index (Phi) is 3.09. The molecule has 1 aromatic rings. The van der Waals surface area contributed by atoms with Crippen molar-refractivity contribution in [1.82, 2.24) is 0 Å². The van der Waals surface area contributed by atoms with Crippen LogP contribution in [0.4, 0.5) is 13.2 Å². The lowest BCUT2D eigenvalue weighted by atomic mass is 10.2. The van der Waals surface area contributed by atoms with Gasteiger partial charge in [-0.05, 0) is 24.3 Å². The maximum atomic E-state index is 12.1. The molecule has 0 heterocycles. The van der Waals surface area contributed by atoms with Crippen LogP contribution >= 0.6 is 0 Å². The molecule has 0 aliphatic heterocycles. The van der Waals surface area contributed by atoms with Crippen molar-refractivity contribution in [2.24, 2.45) is 0 Å². The molecule has 0 amide bonds. The zero-order chi connectivity index (χ0) is 12.4. The maximum Gasteiger partial charge on any atom is 0.416 e. The molecule has 16 heavy (non-hydrogen) atoms. The van der Waals surface area contributed by atoms with Crippen LogP contribution < -0.4 is 0 Å². The second kappa shape index (κ2) is 4.02. The highest BCUT2D eigenvalue weighted by molar-refractivity contribution is 7.86. The fourth-order valence-electron chi connectivity index (χ4n) is 0.908. The second-order valence-corrected chi connectivity index (χ2v) is 4.20. The standard InChI is InChI=1S/C8H4F3NO3S/c9-8(10,11)6-1-3-7(4-2-6)16(13,14)15-5-12/h1-4H. The molecule has 0 aliphatic carbocycles. The number of alkyl halides is 3. The SMILES string of the molecule is N#COS(=O)(=O)c1ccc(C(F)(F)F)cc1. The smallest absolute Gasteiger partial charge is 0.299 e. The largest absolute Gasteiger partial charge is 0.416 e. The summed E-state index contributed by atoms with van der Waals surface area (Å²) in [5, 5.41) is 8.02. The van der Waals surface area contributed by atoms with Crippen molar-refractivity contribution in [2.75, 3.05) is 0 Å². The number of rotatable bonds is 2. The number of nitrogens with zero attached hydrogens (tertiary/aromatic N) is 1. The molecule has 0 saturated carbocycles. The van der Waals surface area contributed by atoms with Gasteiger partial charge < -0.3 is 0 Å². The summed E-state index contributed by atoms with van der Waals surface area (Å²) in [6, 6.07) is 2.62. The number of halogens is 3. The van der Waals surface area contributed by atoms with E-state index < -0.39 is 26.8 Å². The molecule has 0 fully saturated rings. The molecule has 1 aromatic carbocycles. The predicted molar refractivity (Wildman–Crippen MR) is 45.3 cm³/mol. The van der Waals surface area contributed by atoms with Crippen LogP contribution in [0.25, 0.3) is 0 Å². The second-order valence-electron chi connectivity index (χ2n) is 2.65. The lowest BCUT2D eigenvalue weighted by molar-refractivity contribution is -0.137. The van der Waals surface area contributed by atoms with Gasteiger partial charge in [0, 0.05) is 0 Å². The van der Waals surface area contributed by atoms with Gasteiger partial charge in [-0.15, -0.1) is 5.26 Å². The average Bonchev–Trinajstić information content (AvgIpc) is 2.16. The molecule has 0 radical (unpaired) electrons. The zero-order valence-electron chi connectivity index (χ0n) is 7.52. The van der Waals surface area contributed by atoms with Gasteiger partial charge in [0.25, 0.3) is 0 Å². The molecule has 86 valence electrons. The number of benzene rings is 1. The van der Waals surface area contributed by atoms with Crippen LogP contribution in [-0.4, -0.2) is 8.42 Å². The van der Waals surface area contributed by atoms with E-state index >= 15 is 0 Å². The number of hydrogen-bond acceptors (Lipinski definition) is 4. The minimum Gasteiger partial charge on any atom is -0.299 e. The maximum absolute atomic E-state index is 12.1. The van der Waals surface area contributed by atoms with Crippen molar-refractivity contribution < 1.29 is 25.8 Å². The number of hydrogen-bond donors (Lipinski definition) is 0. The Morgan fingerprint density at radius 2 is 1.69 bits per heavy atom. The fraction of sp³-hybridized carbons (Fsp3) is 0.125. The van der Waals surface area contributed by atoms with Crippen molar-refractivity contribution in [3.63, 3.8) is 0 Å². The molecule has 0 unspecified atom stereocenters. The third-order valence-electron chi connectivity index (χ3n) is 1.62. The Morgan fingerprint density at radius 1 is 1.19 bits per heavy atom. The average molecular weight is 251 g/mol. The van der Waals surface area contributed by atoms with E-state index in [0.717, 1.165) is 18.4 Å². The van der Waals surface area contributed by atoms with E-state index in [1.807, 2.05) is 0 Å². The summed E-state index contributed by atoms with van der Waals surface area (Å²) < 4.78 is 62.3. The van der Waals surface area contributed by atoms with Crippen molar-refractivity contribution in [1.29, 1.82) is 5.26 Å². The summed E-state index contributed by atoms with van der Waals surface area (Å²) in [7, 11) is -4.30. The molecule has 0 bridgehead atoms. The Balaban J connectivity index is 3.11. The zero-order valence-corrected chi connectivity index (χ0v) is 8.34. The predicted octanol–water partition coefficient (Wildman–Crippen LogP) is 1.89. The van der Waals surface area contributed by atoms with Crippen molar-refractivity contribution >= 4 is 10.1 Å². The van der Waals surface area contributed by atoms with Gasteiger partial charge in [-0.25, -0.2) is 0 Å². The van der Waals surface area contributed by atoms with Crippen LogP contribution in [0.1, 0.15) is 5.56 Å². The van der Waals surface area contributed by atoms with E-state index in [4.69, 9.17) is 5.26 Å². The summed E-state index contributed by atoms with van der Waals surface area (Å²) in [5.74, 6) is 0. The van der Waals surface area contributed by atoms with E-state index in [9.17, 15) is 21.6 Å². The van der Waals surface area contributed by atoms with Crippen LogP contribution in [0.5, 0.6) is 0 Å². The topological polar surface area (TPSA) is 67.2 Å². The molecule has 0 aromatic heterocycles. The van der Waals surface area contributed by atoms with E-state index in [1.54, 1.807) is 0 Å². The molecule has 0 aliphatic rings. The fourth-order valence-corrected chi connectivity index (χ4v) is 1.57. The first kappa shape index (κ1) is 12.3. The van der Waals surface area contributed by atoms with Gasteiger partial charge >= 0.3 is 22.5 Å². The Hall–Kier alpha value is -1.75. The summed E-state index contributed by atoms with van der Waals surface area (Å²) >= 11 is 0. The summed E-state index contributed by atoms with van der Waals surface area (Å²) in [6.07, 6.45) is -3.60. The lowest BCUT2D eigenvalue weighted by Gasteiger charge is -2.06. The number of nitriles is 1. The molecule has 0 N–H and O–H groups in total. The molecule has 1 rings (SSSR count). The van der Waals surface area contributed by atoms with Crippen LogP contribution in [0.2, 0.25) is 0 Å². The van der Waals surface area contributed by atoms with E-state index in [2.05, 4.69) is 4.18 Å². The van der Waals surface area contributed by atoms with Gasteiger partial charge in [-0.2, -0.15) is 21.6 Å². The Labute approximate surface area is 89.0 Å². The highest BCUT2D eigenvalue weighted by Gasteiger charge is 2.30. The van der Waals surface area contributed by atoms with Crippen molar-refractivity contribution in [2.45, 2.75) is 11.1 Å². The summed E-state index contributed by atoms with van der Waals surface area (Å²) in [5.41, 5.74) is -0.983. The minimum absolute atomic E-state index is 0.512. The summed E-state index contributed by atoms with van der Waals surface area (Å²) in [4.78, 5) is -0.512. The van der Waals surface area contributed by atoms with Gasteiger partial charge in [0.05, 0.1) is 5.56 Å². The summed E-state index contributed by atoms with van der Waals surface area (Å²) in [6.45, 7) is 0. The van der Waals surface area contributed by atoms with Gasteiger partial charge in [0.15, 0.2) is 0 Å². The molecule has 0 atom stereocenters. The van der Waals surface area contributed by atoms with Crippen LogP contribution in [0.15, 0.2) is 29.2 Å². The molecular formula is C8H4F3NO3S. The van der Waals surface area contributed by atoms with Crippen LogP contribution in [0, 0.1) is 11.5 Å². The first-order valence-corrected chi connectivity index (χ1v) is 5.18. The van der Waals surface area contributed by atoms with Gasteiger partial charge in [-0.3, -0.25) is 4.18 Å². The van der Waals surface area contributed by atoms with E-state index in [-0.39, 0.29) is 0 Å².